The summed E-state index contributed by atoms with van der Waals surface area (Å²) in [5.74, 6) is -0.718. The van der Waals surface area contributed by atoms with Crippen molar-refractivity contribution in [3.63, 3.8) is 0 Å². The number of carbonyl (C=O) groups is 1. The van der Waals surface area contributed by atoms with E-state index in [1.165, 1.54) is 18.2 Å². The SMILES string of the molecule is NCCC(=O)OCCc1cc(Cl)ccc1F. The molecule has 5 heteroatoms. The van der Waals surface area contributed by atoms with Crippen LogP contribution in [-0.2, 0) is 16.0 Å². The van der Waals surface area contributed by atoms with Gasteiger partial charge in [0.1, 0.15) is 5.82 Å². The normalized spacial score (nSPS) is 10.2. The molecule has 0 fully saturated rings. The summed E-state index contributed by atoms with van der Waals surface area (Å²) in [6, 6.07) is 4.29. The topological polar surface area (TPSA) is 52.3 Å². The van der Waals surface area contributed by atoms with Crippen molar-refractivity contribution in [3.8, 4) is 0 Å². The summed E-state index contributed by atoms with van der Waals surface area (Å²) in [6.45, 7) is 0.389. The van der Waals surface area contributed by atoms with E-state index in [4.69, 9.17) is 22.1 Å². The molecule has 0 aliphatic carbocycles. The van der Waals surface area contributed by atoms with Gasteiger partial charge >= 0.3 is 5.97 Å². The number of hydrogen-bond donors (Lipinski definition) is 1. The van der Waals surface area contributed by atoms with Gasteiger partial charge < -0.3 is 10.5 Å². The molecule has 0 aliphatic heterocycles. The van der Waals surface area contributed by atoms with E-state index >= 15 is 0 Å². The average Bonchev–Trinajstić information content (AvgIpc) is 2.23. The van der Waals surface area contributed by atoms with Gasteiger partial charge in [0.2, 0.25) is 0 Å². The maximum atomic E-state index is 13.2. The van der Waals surface area contributed by atoms with Gasteiger partial charge in [-0.15, -0.1) is 0 Å². The Balaban J connectivity index is 2.42. The van der Waals surface area contributed by atoms with Crippen molar-refractivity contribution in [2.24, 2.45) is 5.73 Å². The third-order valence-electron chi connectivity index (χ3n) is 1.99. The Morgan fingerprint density at radius 3 is 2.94 bits per heavy atom. The molecule has 2 N–H and O–H groups in total. The molecule has 0 aliphatic rings. The van der Waals surface area contributed by atoms with E-state index in [9.17, 15) is 9.18 Å². The number of esters is 1. The summed E-state index contributed by atoms with van der Waals surface area (Å²) in [5, 5.41) is 0.463. The second-order valence-electron chi connectivity index (χ2n) is 3.24. The van der Waals surface area contributed by atoms with Crippen molar-refractivity contribution in [3.05, 3.63) is 34.6 Å². The van der Waals surface area contributed by atoms with E-state index in [2.05, 4.69) is 0 Å². The van der Waals surface area contributed by atoms with Gasteiger partial charge in [-0.25, -0.2) is 4.39 Å². The molecule has 0 saturated heterocycles. The Bertz CT molecular complexity index is 371. The summed E-state index contributed by atoms with van der Waals surface area (Å²) in [6.07, 6.45) is 0.487. The Hall–Kier alpha value is -1.13. The fourth-order valence-electron chi connectivity index (χ4n) is 1.20. The first-order valence-corrected chi connectivity index (χ1v) is 5.31. The summed E-state index contributed by atoms with van der Waals surface area (Å²) in [4.78, 5) is 11.0. The van der Waals surface area contributed by atoms with Crippen LogP contribution in [0.1, 0.15) is 12.0 Å². The maximum Gasteiger partial charge on any atom is 0.307 e. The Morgan fingerprint density at radius 2 is 2.25 bits per heavy atom. The van der Waals surface area contributed by atoms with E-state index in [-0.39, 0.29) is 31.4 Å². The molecule has 1 rings (SSSR count). The molecule has 0 amide bonds. The third-order valence-corrected chi connectivity index (χ3v) is 2.23. The minimum absolute atomic E-state index is 0.135. The first kappa shape index (κ1) is 12.9. The van der Waals surface area contributed by atoms with Gasteiger partial charge in [-0.1, -0.05) is 11.6 Å². The monoisotopic (exact) mass is 245 g/mol. The highest BCUT2D eigenvalue weighted by Gasteiger charge is 2.05. The Kier molecular flexibility index (Phi) is 5.22. The van der Waals surface area contributed by atoms with Crippen molar-refractivity contribution in [2.75, 3.05) is 13.2 Å². The van der Waals surface area contributed by atoms with Crippen LogP contribution in [0.3, 0.4) is 0 Å². The molecule has 16 heavy (non-hydrogen) atoms. The van der Waals surface area contributed by atoms with Crippen LogP contribution < -0.4 is 5.73 Å². The molecule has 0 unspecified atom stereocenters. The molecule has 0 saturated carbocycles. The molecule has 3 nitrogen and oxygen atoms in total. The van der Waals surface area contributed by atoms with E-state index in [0.717, 1.165) is 0 Å². The molecule has 0 heterocycles. The van der Waals surface area contributed by atoms with Gasteiger partial charge in [0.05, 0.1) is 13.0 Å². The predicted octanol–water partition coefficient (Wildman–Crippen LogP) is 1.91. The zero-order chi connectivity index (χ0) is 12.0. The van der Waals surface area contributed by atoms with E-state index < -0.39 is 0 Å². The zero-order valence-electron chi connectivity index (χ0n) is 8.71. The summed E-state index contributed by atoms with van der Waals surface area (Å²) in [7, 11) is 0. The number of carbonyl (C=O) groups excluding carboxylic acids is 1. The number of rotatable bonds is 5. The van der Waals surface area contributed by atoms with Crippen molar-refractivity contribution < 1.29 is 13.9 Å². The van der Waals surface area contributed by atoms with E-state index in [0.29, 0.717) is 17.0 Å². The van der Waals surface area contributed by atoms with Crippen LogP contribution in [0.15, 0.2) is 18.2 Å². The first-order valence-electron chi connectivity index (χ1n) is 4.93. The van der Waals surface area contributed by atoms with Crippen molar-refractivity contribution in [1.29, 1.82) is 0 Å². The van der Waals surface area contributed by atoms with Gasteiger partial charge in [0.25, 0.3) is 0 Å². The van der Waals surface area contributed by atoms with Gasteiger partial charge in [-0.3, -0.25) is 4.79 Å². The highest BCUT2D eigenvalue weighted by Crippen LogP contribution is 2.15. The average molecular weight is 246 g/mol. The molecular weight excluding hydrogens is 233 g/mol. The second-order valence-corrected chi connectivity index (χ2v) is 3.68. The van der Waals surface area contributed by atoms with Gasteiger partial charge in [-0.2, -0.15) is 0 Å². The van der Waals surface area contributed by atoms with Crippen LogP contribution in [0.4, 0.5) is 4.39 Å². The number of benzene rings is 1. The molecule has 0 spiro atoms. The quantitative estimate of drug-likeness (QED) is 0.807. The second kappa shape index (κ2) is 6.45. The largest absolute Gasteiger partial charge is 0.465 e. The lowest BCUT2D eigenvalue weighted by Gasteiger charge is -2.05. The number of halogens is 2. The minimum atomic E-state index is -0.370. The number of ether oxygens (including phenoxy) is 1. The van der Waals surface area contributed by atoms with Crippen LogP contribution in [0.5, 0.6) is 0 Å². The summed E-state index contributed by atoms with van der Waals surface area (Å²) in [5.41, 5.74) is 5.62. The van der Waals surface area contributed by atoms with Gasteiger partial charge in [0.15, 0.2) is 0 Å². The third kappa shape index (κ3) is 4.16. The highest BCUT2D eigenvalue weighted by atomic mass is 35.5. The summed E-state index contributed by atoms with van der Waals surface area (Å²) < 4.78 is 18.1. The van der Waals surface area contributed by atoms with Gasteiger partial charge in [0, 0.05) is 18.0 Å². The molecule has 0 aromatic heterocycles. The molecule has 88 valence electrons. The lowest BCUT2D eigenvalue weighted by molar-refractivity contribution is -0.143. The van der Waals surface area contributed by atoms with Crippen LogP contribution in [0, 0.1) is 5.82 Å². The predicted molar refractivity (Wildman–Crippen MR) is 59.7 cm³/mol. The van der Waals surface area contributed by atoms with E-state index in [1.807, 2.05) is 0 Å². The van der Waals surface area contributed by atoms with Crippen LogP contribution >= 0.6 is 11.6 Å². The lowest BCUT2D eigenvalue weighted by Crippen LogP contribution is -2.13. The zero-order valence-corrected chi connectivity index (χ0v) is 9.47. The first-order chi connectivity index (χ1) is 7.63. The molecular formula is C11H13ClFNO2. The molecule has 0 bridgehead atoms. The summed E-state index contributed by atoms with van der Waals surface area (Å²) >= 11 is 5.72. The standard InChI is InChI=1S/C11H13ClFNO2/c12-9-1-2-10(13)8(7-9)4-6-16-11(15)3-5-14/h1-2,7H,3-6,14H2. The molecule has 0 atom stereocenters. The number of nitrogens with two attached hydrogens (primary N) is 1. The lowest BCUT2D eigenvalue weighted by atomic mass is 10.1. The fourth-order valence-corrected chi connectivity index (χ4v) is 1.39. The Morgan fingerprint density at radius 1 is 1.50 bits per heavy atom. The van der Waals surface area contributed by atoms with Crippen LogP contribution in [-0.4, -0.2) is 19.1 Å². The fraction of sp³-hybridized carbons (Fsp3) is 0.364. The minimum Gasteiger partial charge on any atom is -0.465 e. The molecule has 1 aromatic rings. The Labute approximate surface area is 98.3 Å². The van der Waals surface area contributed by atoms with Gasteiger partial charge in [-0.05, 0) is 23.8 Å². The van der Waals surface area contributed by atoms with Crippen molar-refractivity contribution >= 4 is 17.6 Å². The van der Waals surface area contributed by atoms with Crippen LogP contribution in [0.25, 0.3) is 0 Å². The molecule has 0 radical (unpaired) electrons. The van der Waals surface area contributed by atoms with Crippen molar-refractivity contribution in [1.82, 2.24) is 0 Å². The van der Waals surface area contributed by atoms with Crippen molar-refractivity contribution in [2.45, 2.75) is 12.8 Å². The highest BCUT2D eigenvalue weighted by molar-refractivity contribution is 6.30. The van der Waals surface area contributed by atoms with Crippen LogP contribution in [0.2, 0.25) is 5.02 Å². The van der Waals surface area contributed by atoms with E-state index in [1.54, 1.807) is 0 Å². The number of hydrogen-bond acceptors (Lipinski definition) is 3. The maximum absolute atomic E-state index is 13.2. The smallest absolute Gasteiger partial charge is 0.307 e. The molecule has 1 aromatic carbocycles.